The molecule has 0 fully saturated rings. The van der Waals surface area contributed by atoms with Crippen LogP contribution in [0.1, 0.15) is 35.4 Å². The fraction of sp³-hybridized carbons (Fsp3) is 0.179. The predicted octanol–water partition coefficient (Wildman–Crippen LogP) is 5.83. The van der Waals surface area contributed by atoms with Gasteiger partial charge in [-0.2, -0.15) is 5.10 Å². The molecule has 0 saturated carbocycles. The third-order valence-corrected chi connectivity index (χ3v) is 5.87. The van der Waals surface area contributed by atoms with Gasteiger partial charge in [0.15, 0.2) is 5.65 Å². The van der Waals surface area contributed by atoms with Gasteiger partial charge in [-0.3, -0.25) is 0 Å². The molecule has 2 aromatic heterocycles. The Morgan fingerprint density at radius 3 is 2.12 bits per heavy atom. The number of aromatic nitrogens is 4. The third kappa shape index (κ3) is 4.93. The van der Waals surface area contributed by atoms with Crippen LogP contribution in [0.2, 0.25) is 0 Å². The van der Waals surface area contributed by atoms with Crippen molar-refractivity contribution in [1.82, 2.24) is 19.7 Å². The normalized spacial score (nSPS) is 12.0. The maximum atomic E-state index is 4.94. The number of fused-ring (bicyclic) bond motifs is 1. The van der Waals surface area contributed by atoms with E-state index >= 15 is 0 Å². The number of nitrogens with one attached hydrogen (secondary N) is 1. The molecule has 2 heterocycles. The Morgan fingerprint density at radius 1 is 0.788 bits per heavy atom. The summed E-state index contributed by atoms with van der Waals surface area (Å²) in [6.45, 7) is 3.68. The van der Waals surface area contributed by atoms with Gasteiger partial charge in [-0.25, -0.2) is 14.6 Å². The molecule has 164 valence electrons. The van der Waals surface area contributed by atoms with E-state index in [4.69, 9.17) is 15.1 Å². The standard InChI is InChI=1S/C28H27N5/c1-21(24-15-9-4-10-16-24)20-33-28-25(19-30-33)27(29-18-23-13-7-3-8-14-23)31-26(32-28)17-22-11-5-2-6-12-22/h2-16,19,21H,17-18,20H2,1H3,(H,29,31,32). The Bertz CT molecular complexity index is 1310. The summed E-state index contributed by atoms with van der Waals surface area (Å²) in [5.74, 6) is 1.94. The highest BCUT2D eigenvalue weighted by Gasteiger charge is 2.16. The highest BCUT2D eigenvalue weighted by atomic mass is 15.3. The van der Waals surface area contributed by atoms with Gasteiger partial charge in [0, 0.05) is 25.4 Å². The Kier molecular flexibility index (Phi) is 6.11. The molecule has 1 unspecified atom stereocenters. The van der Waals surface area contributed by atoms with Crippen LogP contribution in [0.3, 0.4) is 0 Å². The van der Waals surface area contributed by atoms with E-state index in [0.717, 1.165) is 29.2 Å². The zero-order chi connectivity index (χ0) is 22.5. The fourth-order valence-electron chi connectivity index (χ4n) is 4.05. The zero-order valence-electron chi connectivity index (χ0n) is 18.7. The molecular formula is C28H27N5. The molecule has 0 saturated heterocycles. The molecule has 5 heteroatoms. The van der Waals surface area contributed by atoms with Crippen LogP contribution in [-0.4, -0.2) is 19.7 Å². The number of nitrogens with zero attached hydrogens (tertiary/aromatic N) is 4. The molecule has 0 bridgehead atoms. The van der Waals surface area contributed by atoms with E-state index < -0.39 is 0 Å². The highest BCUT2D eigenvalue weighted by Crippen LogP contribution is 2.24. The van der Waals surface area contributed by atoms with Gasteiger partial charge in [-0.1, -0.05) is 97.9 Å². The van der Waals surface area contributed by atoms with Gasteiger partial charge in [0.2, 0.25) is 0 Å². The quantitative estimate of drug-likeness (QED) is 0.334. The van der Waals surface area contributed by atoms with Crippen molar-refractivity contribution in [3.8, 4) is 0 Å². The van der Waals surface area contributed by atoms with Crippen molar-refractivity contribution in [2.45, 2.75) is 32.4 Å². The van der Waals surface area contributed by atoms with Crippen LogP contribution in [0.5, 0.6) is 0 Å². The molecule has 0 aliphatic heterocycles. The molecule has 0 aliphatic rings. The van der Waals surface area contributed by atoms with Crippen LogP contribution in [0, 0.1) is 0 Å². The minimum absolute atomic E-state index is 0.322. The SMILES string of the molecule is CC(Cn1ncc2c(NCc3ccccc3)nc(Cc3ccccc3)nc21)c1ccccc1. The van der Waals surface area contributed by atoms with E-state index in [2.05, 4.69) is 72.9 Å². The summed E-state index contributed by atoms with van der Waals surface area (Å²) in [7, 11) is 0. The smallest absolute Gasteiger partial charge is 0.163 e. The molecule has 0 aliphatic carbocycles. The summed E-state index contributed by atoms with van der Waals surface area (Å²) < 4.78 is 2.01. The van der Waals surface area contributed by atoms with E-state index in [1.807, 2.05) is 41.2 Å². The second-order valence-electron chi connectivity index (χ2n) is 8.37. The molecule has 5 rings (SSSR count). The predicted molar refractivity (Wildman–Crippen MR) is 133 cm³/mol. The summed E-state index contributed by atoms with van der Waals surface area (Å²) in [6, 6.07) is 31.3. The molecule has 0 radical (unpaired) electrons. The first kappa shape index (κ1) is 20.9. The van der Waals surface area contributed by atoms with Gasteiger partial charge >= 0.3 is 0 Å². The van der Waals surface area contributed by atoms with Gasteiger partial charge in [-0.05, 0) is 16.7 Å². The van der Waals surface area contributed by atoms with Gasteiger partial charge in [-0.15, -0.1) is 0 Å². The maximum absolute atomic E-state index is 4.94. The van der Waals surface area contributed by atoms with Crippen LogP contribution >= 0.6 is 0 Å². The first-order valence-corrected chi connectivity index (χ1v) is 11.4. The van der Waals surface area contributed by atoms with Crippen LogP contribution in [-0.2, 0) is 19.5 Å². The van der Waals surface area contributed by atoms with E-state index in [1.54, 1.807) is 0 Å². The minimum atomic E-state index is 0.322. The van der Waals surface area contributed by atoms with Crippen molar-refractivity contribution in [2.75, 3.05) is 5.32 Å². The van der Waals surface area contributed by atoms with E-state index in [-0.39, 0.29) is 0 Å². The average molecular weight is 434 g/mol. The summed E-state index contributed by atoms with van der Waals surface area (Å²) in [6.07, 6.45) is 2.56. The number of benzene rings is 3. The highest BCUT2D eigenvalue weighted by molar-refractivity contribution is 5.86. The van der Waals surface area contributed by atoms with Crippen molar-refractivity contribution in [2.24, 2.45) is 0 Å². The van der Waals surface area contributed by atoms with Crippen LogP contribution in [0.4, 0.5) is 5.82 Å². The lowest BCUT2D eigenvalue weighted by atomic mass is 10.0. The van der Waals surface area contributed by atoms with Crippen molar-refractivity contribution >= 4 is 16.9 Å². The first-order valence-electron chi connectivity index (χ1n) is 11.4. The van der Waals surface area contributed by atoms with Crippen LogP contribution < -0.4 is 5.32 Å². The van der Waals surface area contributed by atoms with Crippen molar-refractivity contribution in [1.29, 1.82) is 0 Å². The monoisotopic (exact) mass is 433 g/mol. The number of anilines is 1. The van der Waals surface area contributed by atoms with Crippen molar-refractivity contribution < 1.29 is 0 Å². The molecule has 1 atom stereocenters. The second-order valence-corrected chi connectivity index (χ2v) is 8.37. The van der Waals surface area contributed by atoms with Crippen LogP contribution in [0.25, 0.3) is 11.0 Å². The lowest BCUT2D eigenvalue weighted by Crippen LogP contribution is -2.10. The summed E-state index contributed by atoms with van der Waals surface area (Å²) >= 11 is 0. The first-order chi connectivity index (χ1) is 16.3. The van der Waals surface area contributed by atoms with Gasteiger partial charge < -0.3 is 5.32 Å². The van der Waals surface area contributed by atoms with Gasteiger partial charge in [0.1, 0.15) is 11.6 Å². The Balaban J connectivity index is 1.49. The maximum Gasteiger partial charge on any atom is 0.163 e. The molecule has 0 spiro atoms. The number of hydrogen-bond acceptors (Lipinski definition) is 4. The number of hydrogen-bond donors (Lipinski definition) is 1. The molecule has 5 nitrogen and oxygen atoms in total. The lowest BCUT2D eigenvalue weighted by Gasteiger charge is -2.14. The molecule has 1 N–H and O–H groups in total. The molecular weight excluding hydrogens is 406 g/mol. The fourth-order valence-corrected chi connectivity index (χ4v) is 4.05. The zero-order valence-corrected chi connectivity index (χ0v) is 18.7. The Morgan fingerprint density at radius 2 is 1.42 bits per heavy atom. The average Bonchev–Trinajstić information content (AvgIpc) is 3.27. The second kappa shape index (κ2) is 9.65. The largest absolute Gasteiger partial charge is 0.365 e. The van der Waals surface area contributed by atoms with E-state index in [1.165, 1.54) is 16.7 Å². The van der Waals surface area contributed by atoms with Crippen LogP contribution in [0.15, 0.2) is 97.2 Å². The van der Waals surface area contributed by atoms with E-state index in [0.29, 0.717) is 18.9 Å². The topological polar surface area (TPSA) is 55.6 Å². The summed E-state index contributed by atoms with van der Waals surface area (Å²) in [4.78, 5) is 9.83. The molecule has 3 aromatic carbocycles. The molecule has 0 amide bonds. The van der Waals surface area contributed by atoms with Crippen molar-refractivity contribution in [3.63, 3.8) is 0 Å². The molecule has 33 heavy (non-hydrogen) atoms. The Hall–Kier alpha value is -3.99. The van der Waals surface area contributed by atoms with E-state index in [9.17, 15) is 0 Å². The van der Waals surface area contributed by atoms with Gasteiger partial charge in [0.25, 0.3) is 0 Å². The molecule has 5 aromatic rings. The number of rotatable bonds is 8. The summed E-state index contributed by atoms with van der Waals surface area (Å²) in [5, 5.41) is 9.17. The lowest BCUT2D eigenvalue weighted by molar-refractivity contribution is 0.554. The van der Waals surface area contributed by atoms with Crippen molar-refractivity contribution in [3.05, 3.63) is 120 Å². The van der Waals surface area contributed by atoms with Gasteiger partial charge in [0.05, 0.1) is 11.6 Å². The summed E-state index contributed by atoms with van der Waals surface area (Å²) in [5.41, 5.74) is 4.56. The Labute approximate surface area is 194 Å². The third-order valence-electron chi connectivity index (χ3n) is 5.87. The minimum Gasteiger partial charge on any atom is -0.365 e.